The van der Waals surface area contributed by atoms with Crippen molar-refractivity contribution in [3.05, 3.63) is 11.8 Å². The molecule has 1 fully saturated rings. The zero-order valence-electron chi connectivity index (χ0n) is 12.8. The molecule has 0 spiro atoms. The van der Waals surface area contributed by atoms with Gasteiger partial charge in [0.05, 0.1) is 0 Å². The molecule has 1 N–H and O–H groups in total. The van der Waals surface area contributed by atoms with Crippen molar-refractivity contribution in [2.45, 2.75) is 41.0 Å². The summed E-state index contributed by atoms with van der Waals surface area (Å²) in [6.45, 7) is 14.1. The first-order chi connectivity index (χ1) is 8.90. The number of aromatic nitrogens is 2. The smallest absolute Gasteiger partial charge is 0.224 e. The number of nitrogens with zero attached hydrogens (tertiary/aromatic N) is 3. The largest absolute Gasteiger partial charge is 0.356 e. The van der Waals surface area contributed by atoms with Crippen LogP contribution in [0.15, 0.2) is 6.07 Å². The van der Waals surface area contributed by atoms with E-state index in [0.717, 1.165) is 43.0 Å². The fourth-order valence-electron chi connectivity index (χ4n) is 2.63. The average Bonchev–Trinajstić information content (AvgIpc) is 2.77. The van der Waals surface area contributed by atoms with E-state index in [1.807, 2.05) is 6.92 Å². The molecule has 2 rings (SSSR count). The normalized spacial score (nSPS) is 19.8. The van der Waals surface area contributed by atoms with E-state index in [0.29, 0.717) is 5.41 Å². The van der Waals surface area contributed by atoms with Gasteiger partial charge in [-0.1, -0.05) is 20.8 Å². The first kappa shape index (κ1) is 14.1. The summed E-state index contributed by atoms with van der Waals surface area (Å²) in [5.41, 5.74) is 1.40. The van der Waals surface area contributed by atoms with Crippen LogP contribution in [0.25, 0.3) is 0 Å². The number of nitrogens with one attached hydrogen (secondary N) is 1. The van der Waals surface area contributed by atoms with Crippen LogP contribution in [0.2, 0.25) is 0 Å². The summed E-state index contributed by atoms with van der Waals surface area (Å²) in [6, 6.07) is 2.09. The summed E-state index contributed by atoms with van der Waals surface area (Å²) in [5, 5.41) is 3.20. The monoisotopic (exact) mass is 262 g/mol. The summed E-state index contributed by atoms with van der Waals surface area (Å²) in [6.07, 6.45) is 1.25. The minimum absolute atomic E-state index is 0.376. The van der Waals surface area contributed by atoms with Crippen molar-refractivity contribution < 1.29 is 0 Å². The van der Waals surface area contributed by atoms with E-state index < -0.39 is 0 Å². The van der Waals surface area contributed by atoms with Crippen LogP contribution in [0.3, 0.4) is 0 Å². The van der Waals surface area contributed by atoms with Gasteiger partial charge < -0.3 is 10.2 Å². The molecule has 0 aromatic carbocycles. The number of rotatable bonds is 3. The molecular formula is C15H26N4. The lowest BCUT2D eigenvalue weighted by molar-refractivity contribution is 0.263. The van der Waals surface area contributed by atoms with Gasteiger partial charge in [0.2, 0.25) is 5.95 Å². The summed E-state index contributed by atoms with van der Waals surface area (Å²) < 4.78 is 0. The van der Waals surface area contributed by atoms with E-state index in [4.69, 9.17) is 0 Å². The summed E-state index contributed by atoms with van der Waals surface area (Å²) in [4.78, 5) is 11.4. The van der Waals surface area contributed by atoms with Crippen molar-refractivity contribution in [3.63, 3.8) is 0 Å². The summed E-state index contributed by atoms with van der Waals surface area (Å²) in [5.74, 6) is 2.55. The van der Waals surface area contributed by atoms with Crippen molar-refractivity contribution in [2.24, 2.45) is 11.3 Å². The highest BCUT2D eigenvalue weighted by Gasteiger charge is 2.32. The van der Waals surface area contributed by atoms with Gasteiger partial charge in [0.25, 0.3) is 0 Å². The third kappa shape index (κ3) is 3.37. The Kier molecular flexibility index (Phi) is 3.97. The molecule has 4 nitrogen and oxygen atoms in total. The molecule has 0 bridgehead atoms. The maximum absolute atomic E-state index is 4.63. The molecule has 4 heteroatoms. The van der Waals surface area contributed by atoms with Crippen LogP contribution in [0.1, 0.15) is 39.8 Å². The van der Waals surface area contributed by atoms with Gasteiger partial charge in [-0.05, 0) is 31.6 Å². The Morgan fingerprint density at radius 3 is 2.68 bits per heavy atom. The first-order valence-electron chi connectivity index (χ1n) is 7.24. The van der Waals surface area contributed by atoms with Gasteiger partial charge in [-0.25, -0.2) is 4.98 Å². The highest BCUT2D eigenvalue weighted by Crippen LogP contribution is 2.35. The van der Waals surface area contributed by atoms with Crippen LogP contribution in [0.4, 0.5) is 11.8 Å². The SMILES string of the molecule is CCNc1nc(C)cc(N2CCC(C(C)(C)C)C2)n1. The number of hydrogen-bond donors (Lipinski definition) is 1. The number of aryl methyl sites for hydroxylation is 1. The molecule has 0 amide bonds. The zero-order chi connectivity index (χ0) is 14.0. The lowest BCUT2D eigenvalue weighted by atomic mass is 9.80. The predicted molar refractivity (Wildman–Crippen MR) is 80.7 cm³/mol. The van der Waals surface area contributed by atoms with Gasteiger partial charge in [-0.15, -0.1) is 0 Å². The Balaban J connectivity index is 2.15. The van der Waals surface area contributed by atoms with E-state index >= 15 is 0 Å². The van der Waals surface area contributed by atoms with Crippen LogP contribution < -0.4 is 10.2 Å². The second-order valence-corrected chi connectivity index (χ2v) is 6.52. The highest BCUT2D eigenvalue weighted by atomic mass is 15.2. The van der Waals surface area contributed by atoms with Crippen LogP contribution in [-0.4, -0.2) is 29.6 Å². The molecule has 2 heterocycles. The minimum Gasteiger partial charge on any atom is -0.356 e. The summed E-state index contributed by atoms with van der Waals surface area (Å²) in [7, 11) is 0. The van der Waals surface area contributed by atoms with Gasteiger partial charge in [-0.2, -0.15) is 4.98 Å². The molecule has 1 aliphatic rings. The molecule has 1 saturated heterocycles. The van der Waals surface area contributed by atoms with Gasteiger partial charge in [-0.3, -0.25) is 0 Å². The Labute approximate surface area is 116 Å². The number of anilines is 2. The molecular weight excluding hydrogens is 236 g/mol. The zero-order valence-corrected chi connectivity index (χ0v) is 12.8. The number of hydrogen-bond acceptors (Lipinski definition) is 4. The van der Waals surface area contributed by atoms with Gasteiger partial charge >= 0.3 is 0 Å². The van der Waals surface area contributed by atoms with Crippen LogP contribution in [0, 0.1) is 18.3 Å². The fourth-order valence-corrected chi connectivity index (χ4v) is 2.63. The third-order valence-electron chi connectivity index (χ3n) is 3.91. The average molecular weight is 262 g/mol. The van der Waals surface area contributed by atoms with Crippen LogP contribution in [0.5, 0.6) is 0 Å². The van der Waals surface area contributed by atoms with E-state index in [2.05, 4.69) is 53.9 Å². The van der Waals surface area contributed by atoms with E-state index in [9.17, 15) is 0 Å². The topological polar surface area (TPSA) is 41.1 Å². The van der Waals surface area contributed by atoms with Crippen LogP contribution in [-0.2, 0) is 0 Å². The lowest BCUT2D eigenvalue weighted by Gasteiger charge is -2.27. The predicted octanol–water partition coefficient (Wildman–Crippen LogP) is 3.09. The highest BCUT2D eigenvalue weighted by molar-refractivity contribution is 5.45. The maximum Gasteiger partial charge on any atom is 0.224 e. The molecule has 1 aliphatic heterocycles. The van der Waals surface area contributed by atoms with Crippen LogP contribution >= 0.6 is 0 Å². The maximum atomic E-state index is 4.63. The Hall–Kier alpha value is -1.32. The molecule has 0 saturated carbocycles. The molecule has 1 aromatic rings. The van der Waals surface area contributed by atoms with Gasteiger partial charge in [0.15, 0.2) is 0 Å². The van der Waals surface area contributed by atoms with Crippen molar-refractivity contribution in [1.82, 2.24) is 9.97 Å². The second-order valence-electron chi connectivity index (χ2n) is 6.52. The van der Waals surface area contributed by atoms with Crippen molar-refractivity contribution >= 4 is 11.8 Å². The van der Waals surface area contributed by atoms with Gasteiger partial charge in [0.1, 0.15) is 5.82 Å². The van der Waals surface area contributed by atoms with Crippen molar-refractivity contribution in [3.8, 4) is 0 Å². The van der Waals surface area contributed by atoms with Gasteiger partial charge in [0, 0.05) is 31.4 Å². The summed E-state index contributed by atoms with van der Waals surface area (Å²) >= 11 is 0. The standard InChI is InChI=1S/C15H26N4/c1-6-16-14-17-11(2)9-13(18-14)19-8-7-12(10-19)15(3,4)5/h9,12H,6-8,10H2,1-5H3,(H,16,17,18). The lowest BCUT2D eigenvalue weighted by Crippen LogP contribution is -2.26. The first-order valence-corrected chi connectivity index (χ1v) is 7.24. The molecule has 106 valence electrons. The molecule has 0 aliphatic carbocycles. The quantitative estimate of drug-likeness (QED) is 0.909. The fraction of sp³-hybridized carbons (Fsp3) is 0.733. The third-order valence-corrected chi connectivity index (χ3v) is 3.91. The molecule has 1 unspecified atom stereocenters. The van der Waals surface area contributed by atoms with E-state index in [1.165, 1.54) is 6.42 Å². The van der Waals surface area contributed by atoms with E-state index in [1.54, 1.807) is 0 Å². The Morgan fingerprint density at radius 1 is 1.37 bits per heavy atom. The van der Waals surface area contributed by atoms with E-state index in [-0.39, 0.29) is 0 Å². The molecule has 1 aromatic heterocycles. The second kappa shape index (κ2) is 5.35. The Morgan fingerprint density at radius 2 is 2.11 bits per heavy atom. The molecule has 19 heavy (non-hydrogen) atoms. The minimum atomic E-state index is 0.376. The Bertz CT molecular complexity index is 436. The van der Waals surface area contributed by atoms with Crippen molar-refractivity contribution in [2.75, 3.05) is 29.9 Å². The molecule has 1 atom stereocenters. The molecule has 0 radical (unpaired) electrons. The van der Waals surface area contributed by atoms with Crippen molar-refractivity contribution in [1.29, 1.82) is 0 Å².